The Balaban J connectivity index is 1.75. The lowest BCUT2D eigenvalue weighted by molar-refractivity contribution is -0.116. The zero-order chi connectivity index (χ0) is 21.4. The van der Waals surface area contributed by atoms with E-state index in [4.69, 9.17) is 0 Å². The molecule has 1 aromatic heterocycles. The van der Waals surface area contributed by atoms with Gasteiger partial charge in [-0.15, -0.1) is 0 Å². The average molecular weight is 420 g/mol. The number of aromatic nitrogens is 2. The maximum Gasteiger partial charge on any atom is 0.279 e. The van der Waals surface area contributed by atoms with Gasteiger partial charge in [0.15, 0.2) is 5.16 Å². The molecule has 4 rings (SSSR count). The van der Waals surface area contributed by atoms with E-state index >= 15 is 0 Å². The Morgan fingerprint density at radius 1 is 1.10 bits per heavy atom. The first kappa shape index (κ1) is 20.4. The average Bonchev–Trinajstić information content (AvgIpc) is 2.70. The van der Waals surface area contributed by atoms with Crippen LogP contribution in [0.2, 0.25) is 0 Å². The predicted octanol–water partition coefficient (Wildman–Crippen LogP) is 4.47. The van der Waals surface area contributed by atoms with E-state index in [1.165, 1.54) is 22.9 Å². The number of amides is 1. The van der Waals surface area contributed by atoms with Gasteiger partial charge >= 0.3 is 0 Å². The molecule has 0 fully saturated rings. The number of rotatable bonds is 4. The second-order valence-corrected chi connectivity index (χ2v) is 8.84. The Morgan fingerprint density at radius 3 is 2.60 bits per heavy atom. The monoisotopic (exact) mass is 419 g/mol. The van der Waals surface area contributed by atoms with Gasteiger partial charge in [0.1, 0.15) is 5.82 Å². The Kier molecular flexibility index (Phi) is 5.52. The van der Waals surface area contributed by atoms with Gasteiger partial charge in [0, 0.05) is 25.1 Å². The molecule has 0 spiro atoms. The molecule has 30 heavy (non-hydrogen) atoms. The predicted molar refractivity (Wildman–Crippen MR) is 121 cm³/mol. The van der Waals surface area contributed by atoms with Gasteiger partial charge in [-0.3, -0.25) is 9.59 Å². The van der Waals surface area contributed by atoms with E-state index in [0.29, 0.717) is 22.3 Å². The smallest absolute Gasteiger partial charge is 0.279 e. The molecule has 2 aromatic carbocycles. The number of hydrogen-bond donors (Lipinski definition) is 1. The molecule has 0 aliphatic carbocycles. The third-order valence-corrected chi connectivity index (χ3v) is 6.80. The van der Waals surface area contributed by atoms with Gasteiger partial charge in [0.2, 0.25) is 5.91 Å². The van der Waals surface area contributed by atoms with Gasteiger partial charge in [-0.2, -0.15) is 4.98 Å². The first-order valence-electron chi connectivity index (χ1n) is 10.0. The van der Waals surface area contributed by atoms with Crippen molar-refractivity contribution < 1.29 is 4.79 Å². The normalized spacial score (nSPS) is 15.6. The molecule has 2 heterocycles. The highest BCUT2D eigenvalue weighted by Gasteiger charge is 2.32. The molecule has 1 aliphatic rings. The summed E-state index contributed by atoms with van der Waals surface area (Å²) >= 11 is 1.51. The van der Waals surface area contributed by atoms with Crippen LogP contribution in [-0.2, 0) is 17.6 Å². The zero-order valence-corrected chi connectivity index (χ0v) is 18.5. The van der Waals surface area contributed by atoms with Crippen molar-refractivity contribution in [1.29, 1.82) is 0 Å². The number of aryl methyl sites for hydroxylation is 3. The van der Waals surface area contributed by atoms with E-state index in [2.05, 4.69) is 35.4 Å². The molecule has 0 radical (unpaired) electrons. The van der Waals surface area contributed by atoms with Crippen molar-refractivity contribution in [3.8, 4) is 0 Å². The molecule has 154 valence electrons. The van der Waals surface area contributed by atoms with Crippen LogP contribution in [0.3, 0.4) is 0 Å². The SMILES string of the molecule is Cc1ccc([C@H]2CC(=O)Nc3c2c(=O)nc(SCc2ccccc2C)n3C)c(C)c1. The lowest BCUT2D eigenvalue weighted by Gasteiger charge is -2.28. The second kappa shape index (κ2) is 8.11. The molecule has 1 N–H and O–H groups in total. The minimum absolute atomic E-state index is 0.0801. The van der Waals surface area contributed by atoms with Crippen LogP contribution in [0, 0.1) is 20.8 Å². The molecule has 0 saturated heterocycles. The molecule has 0 saturated carbocycles. The number of carbonyl (C=O) groups excluding carboxylic acids is 1. The highest BCUT2D eigenvalue weighted by atomic mass is 32.2. The Bertz CT molecular complexity index is 1200. The lowest BCUT2D eigenvalue weighted by Crippen LogP contribution is -2.33. The number of benzene rings is 2. The highest BCUT2D eigenvalue weighted by molar-refractivity contribution is 7.98. The topological polar surface area (TPSA) is 64.0 Å². The van der Waals surface area contributed by atoms with E-state index < -0.39 is 0 Å². The van der Waals surface area contributed by atoms with Crippen molar-refractivity contribution in [3.05, 3.63) is 86.2 Å². The summed E-state index contributed by atoms with van der Waals surface area (Å²) < 4.78 is 1.84. The van der Waals surface area contributed by atoms with Crippen LogP contribution in [0.4, 0.5) is 5.82 Å². The van der Waals surface area contributed by atoms with E-state index in [-0.39, 0.29) is 23.8 Å². The van der Waals surface area contributed by atoms with Gasteiger partial charge in [-0.1, -0.05) is 59.8 Å². The summed E-state index contributed by atoms with van der Waals surface area (Å²) in [6.45, 7) is 6.14. The molecule has 1 aliphatic heterocycles. The fourth-order valence-corrected chi connectivity index (χ4v) is 5.10. The molecular formula is C24H25N3O2S. The molecule has 1 atom stereocenters. The standard InChI is InChI=1S/C24H25N3O2S/c1-14-9-10-18(16(3)11-14)19-12-20(28)25-22-21(19)23(29)26-24(27(22)4)30-13-17-8-6-5-7-15(17)2/h5-11,19H,12-13H2,1-4H3,(H,25,28)/t19-/m1/s1. The van der Waals surface area contributed by atoms with Crippen molar-refractivity contribution in [2.45, 2.75) is 44.0 Å². The first-order chi connectivity index (χ1) is 14.3. The number of nitrogens with zero attached hydrogens (tertiary/aromatic N) is 2. The summed E-state index contributed by atoms with van der Waals surface area (Å²) in [6, 6.07) is 14.3. The van der Waals surface area contributed by atoms with Crippen LogP contribution in [0.15, 0.2) is 52.4 Å². The summed E-state index contributed by atoms with van der Waals surface area (Å²) in [5.74, 6) is 0.906. The second-order valence-electron chi connectivity index (χ2n) is 7.90. The van der Waals surface area contributed by atoms with Crippen LogP contribution in [0.1, 0.15) is 45.7 Å². The third kappa shape index (κ3) is 3.79. The largest absolute Gasteiger partial charge is 0.312 e. The summed E-state index contributed by atoms with van der Waals surface area (Å²) in [4.78, 5) is 30.0. The molecule has 1 amide bonds. The molecule has 5 nitrogen and oxygen atoms in total. The highest BCUT2D eigenvalue weighted by Crippen LogP contribution is 2.37. The van der Waals surface area contributed by atoms with Gasteiger partial charge in [-0.25, -0.2) is 0 Å². The number of nitrogens with one attached hydrogen (secondary N) is 1. The summed E-state index contributed by atoms with van der Waals surface area (Å²) in [7, 11) is 1.86. The minimum atomic E-state index is -0.282. The fraction of sp³-hybridized carbons (Fsp3) is 0.292. The number of anilines is 1. The van der Waals surface area contributed by atoms with Crippen molar-refractivity contribution in [1.82, 2.24) is 9.55 Å². The molecule has 3 aromatic rings. The van der Waals surface area contributed by atoms with Gasteiger partial charge in [0.25, 0.3) is 5.56 Å². The van der Waals surface area contributed by atoms with Gasteiger partial charge in [0.05, 0.1) is 5.56 Å². The van der Waals surface area contributed by atoms with Crippen LogP contribution >= 0.6 is 11.8 Å². The zero-order valence-electron chi connectivity index (χ0n) is 17.7. The van der Waals surface area contributed by atoms with Crippen LogP contribution in [-0.4, -0.2) is 15.5 Å². The first-order valence-corrected chi connectivity index (χ1v) is 11.0. The van der Waals surface area contributed by atoms with Gasteiger partial charge < -0.3 is 9.88 Å². The third-order valence-electron chi connectivity index (χ3n) is 5.72. The van der Waals surface area contributed by atoms with E-state index in [9.17, 15) is 9.59 Å². The maximum absolute atomic E-state index is 13.1. The molecule has 0 bridgehead atoms. The summed E-state index contributed by atoms with van der Waals surface area (Å²) in [5, 5.41) is 3.52. The number of hydrogen-bond acceptors (Lipinski definition) is 4. The Labute approximate surface area is 180 Å². The molecular weight excluding hydrogens is 394 g/mol. The van der Waals surface area contributed by atoms with Crippen molar-refractivity contribution in [3.63, 3.8) is 0 Å². The van der Waals surface area contributed by atoms with E-state index in [0.717, 1.165) is 16.7 Å². The fourth-order valence-electron chi connectivity index (χ4n) is 4.06. The minimum Gasteiger partial charge on any atom is -0.312 e. The number of thioether (sulfide) groups is 1. The van der Waals surface area contributed by atoms with Crippen LogP contribution in [0.5, 0.6) is 0 Å². The Hall–Kier alpha value is -2.86. The van der Waals surface area contributed by atoms with Crippen molar-refractivity contribution in [2.75, 3.05) is 5.32 Å². The lowest BCUT2D eigenvalue weighted by atomic mass is 9.84. The quantitative estimate of drug-likeness (QED) is 0.501. The van der Waals surface area contributed by atoms with Crippen LogP contribution < -0.4 is 10.9 Å². The van der Waals surface area contributed by atoms with E-state index in [1.54, 1.807) is 0 Å². The van der Waals surface area contributed by atoms with Crippen molar-refractivity contribution in [2.24, 2.45) is 7.05 Å². The maximum atomic E-state index is 13.1. The number of carbonyl (C=O) groups is 1. The van der Waals surface area contributed by atoms with Gasteiger partial charge in [-0.05, 0) is 43.0 Å². The Morgan fingerprint density at radius 2 is 1.87 bits per heavy atom. The van der Waals surface area contributed by atoms with E-state index in [1.807, 2.05) is 49.7 Å². The van der Waals surface area contributed by atoms with Crippen LogP contribution in [0.25, 0.3) is 0 Å². The molecule has 6 heteroatoms. The van der Waals surface area contributed by atoms with Crippen molar-refractivity contribution >= 4 is 23.5 Å². The molecule has 0 unspecified atom stereocenters. The summed E-state index contributed by atoms with van der Waals surface area (Å²) in [5.41, 5.74) is 5.97. The summed E-state index contributed by atoms with van der Waals surface area (Å²) in [6.07, 6.45) is 0.253. The number of fused-ring (bicyclic) bond motifs is 1.